The van der Waals surface area contributed by atoms with Crippen molar-refractivity contribution in [3.8, 4) is 21.7 Å². The van der Waals surface area contributed by atoms with Crippen LogP contribution in [0.3, 0.4) is 0 Å². The second-order valence-corrected chi connectivity index (χ2v) is 11.4. The van der Waals surface area contributed by atoms with Gasteiger partial charge in [-0.25, -0.2) is 4.98 Å². The van der Waals surface area contributed by atoms with E-state index in [-0.39, 0.29) is 11.9 Å². The summed E-state index contributed by atoms with van der Waals surface area (Å²) in [6.45, 7) is 6.38. The van der Waals surface area contributed by atoms with Gasteiger partial charge in [0.2, 0.25) is 5.91 Å². The van der Waals surface area contributed by atoms with E-state index in [1.807, 2.05) is 24.1 Å². The molecule has 8 nitrogen and oxygen atoms in total. The summed E-state index contributed by atoms with van der Waals surface area (Å²) in [5, 5.41) is 16.3. The predicted octanol–water partition coefficient (Wildman–Crippen LogP) is 4.59. The summed E-state index contributed by atoms with van der Waals surface area (Å²) < 4.78 is 7.99. The van der Waals surface area contributed by atoms with E-state index < -0.39 is 0 Å². The first-order chi connectivity index (χ1) is 17.4. The average Bonchev–Trinajstić information content (AvgIpc) is 3.54. The third kappa shape index (κ3) is 5.23. The summed E-state index contributed by atoms with van der Waals surface area (Å²) in [7, 11) is 3.60. The lowest BCUT2D eigenvalue weighted by molar-refractivity contribution is -0.116. The number of fused-ring (bicyclic) bond motifs is 2. The number of ether oxygens (including phenoxy) is 1. The normalized spacial score (nSPS) is 17.4. The minimum atomic E-state index is 0.00778. The Kier molecular flexibility index (Phi) is 7.49. The molecule has 190 valence electrons. The van der Waals surface area contributed by atoms with Gasteiger partial charge in [-0.1, -0.05) is 6.07 Å². The molecule has 3 aromatic heterocycles. The van der Waals surface area contributed by atoms with Crippen LogP contribution in [0.2, 0.25) is 0 Å². The van der Waals surface area contributed by atoms with Crippen molar-refractivity contribution in [2.24, 2.45) is 7.05 Å². The van der Waals surface area contributed by atoms with Crippen molar-refractivity contribution in [1.29, 1.82) is 0 Å². The number of aromatic nitrogens is 3. The number of carbonyl (C=O) groups excluding carboxylic acids is 1. The highest BCUT2D eigenvalue weighted by atomic mass is 32.1. The van der Waals surface area contributed by atoms with E-state index in [2.05, 4.69) is 53.1 Å². The number of carbonyl (C=O) groups is 1. The lowest BCUT2D eigenvalue weighted by Crippen LogP contribution is -2.35. The smallest absolute Gasteiger partial charge is 0.226 e. The first-order valence-corrected chi connectivity index (χ1v) is 13.9. The van der Waals surface area contributed by atoms with Crippen LogP contribution >= 0.6 is 22.7 Å². The summed E-state index contributed by atoms with van der Waals surface area (Å²) >= 11 is 3.36. The first kappa shape index (κ1) is 25.0. The average molecular weight is 525 g/mol. The van der Waals surface area contributed by atoms with Crippen molar-refractivity contribution >= 4 is 43.8 Å². The lowest BCUT2D eigenvalue weighted by atomic mass is 9.95. The number of hydrogen-bond acceptors (Lipinski definition) is 8. The van der Waals surface area contributed by atoms with Gasteiger partial charge in [0.05, 0.1) is 23.0 Å². The first-order valence-electron chi connectivity index (χ1n) is 12.2. The van der Waals surface area contributed by atoms with Gasteiger partial charge in [-0.15, -0.1) is 22.7 Å². The Morgan fingerprint density at radius 2 is 2.11 bits per heavy atom. The fraction of sp³-hybridized carbons (Fsp3) is 0.423. The van der Waals surface area contributed by atoms with Crippen LogP contribution in [0.5, 0.6) is 0 Å². The number of methoxy groups -OCH3 is 1. The number of nitrogens with zero attached hydrogens (tertiary/aromatic N) is 3. The molecule has 4 heterocycles. The van der Waals surface area contributed by atoms with Crippen molar-refractivity contribution in [1.82, 2.24) is 25.4 Å². The molecule has 1 aliphatic rings. The Bertz CT molecular complexity index is 1370. The maximum Gasteiger partial charge on any atom is 0.226 e. The second kappa shape index (κ2) is 10.8. The van der Waals surface area contributed by atoms with Gasteiger partial charge in [-0.2, -0.15) is 5.10 Å². The zero-order chi connectivity index (χ0) is 25.2. The van der Waals surface area contributed by atoms with Gasteiger partial charge >= 0.3 is 0 Å². The van der Waals surface area contributed by atoms with E-state index in [0.717, 1.165) is 49.9 Å². The number of nitrogens with one attached hydrogen (secondary N) is 3. The fourth-order valence-electron chi connectivity index (χ4n) is 4.69. The van der Waals surface area contributed by atoms with Crippen LogP contribution in [0.25, 0.3) is 31.9 Å². The molecular formula is C26H32N6O2S2. The molecule has 4 aromatic rings. The number of rotatable bonds is 9. The predicted molar refractivity (Wildman–Crippen MR) is 148 cm³/mol. The van der Waals surface area contributed by atoms with E-state index in [9.17, 15) is 4.79 Å². The highest BCUT2D eigenvalue weighted by molar-refractivity contribution is 7.23. The van der Waals surface area contributed by atoms with Gasteiger partial charge in [0.25, 0.3) is 0 Å². The van der Waals surface area contributed by atoms with Crippen LogP contribution in [-0.4, -0.2) is 53.5 Å². The topological polar surface area (TPSA) is 93.1 Å². The molecule has 0 saturated carbocycles. The number of hydrogen-bond donors (Lipinski definition) is 3. The summed E-state index contributed by atoms with van der Waals surface area (Å²) in [6.07, 6.45) is 5.20. The van der Waals surface area contributed by atoms with Crippen molar-refractivity contribution in [2.45, 2.75) is 38.8 Å². The number of amides is 1. The van der Waals surface area contributed by atoms with Crippen LogP contribution in [0.1, 0.15) is 36.8 Å². The lowest BCUT2D eigenvalue weighted by Gasteiger charge is -2.26. The van der Waals surface area contributed by atoms with E-state index in [0.29, 0.717) is 25.6 Å². The molecule has 0 unspecified atom stereocenters. The highest BCUT2D eigenvalue weighted by Crippen LogP contribution is 2.47. The molecule has 5 rings (SSSR count). The van der Waals surface area contributed by atoms with Crippen molar-refractivity contribution < 1.29 is 9.53 Å². The summed E-state index contributed by atoms with van der Waals surface area (Å²) in [6, 6.07) is 6.98. The minimum Gasteiger partial charge on any atom is -0.383 e. The maximum absolute atomic E-state index is 12.8. The minimum absolute atomic E-state index is 0.00778. The Morgan fingerprint density at radius 3 is 2.89 bits per heavy atom. The van der Waals surface area contributed by atoms with Crippen LogP contribution in [0.4, 0.5) is 5.00 Å². The van der Waals surface area contributed by atoms with Gasteiger partial charge < -0.3 is 20.7 Å². The zero-order valence-electron chi connectivity index (χ0n) is 21.1. The molecule has 2 atom stereocenters. The monoisotopic (exact) mass is 524 g/mol. The molecule has 1 aromatic carbocycles. The van der Waals surface area contributed by atoms with Gasteiger partial charge in [-0.3, -0.25) is 9.48 Å². The molecule has 1 amide bonds. The molecule has 36 heavy (non-hydrogen) atoms. The molecular weight excluding hydrogens is 492 g/mol. The number of aryl methyl sites for hydroxylation is 1. The molecule has 0 bridgehead atoms. The Hall–Kier alpha value is -2.63. The molecule has 1 aliphatic heterocycles. The SMILES string of the molecule is COCCNCCC(=O)Nc1sc2c(c1-c1nc3cc(-c4cnn(C)c4)ccc3s1)C[C@@H](C)N[C@H]2C. The van der Waals surface area contributed by atoms with Crippen molar-refractivity contribution in [3.63, 3.8) is 0 Å². The molecule has 0 aliphatic carbocycles. The van der Waals surface area contributed by atoms with Crippen LogP contribution in [-0.2, 0) is 23.0 Å². The van der Waals surface area contributed by atoms with Crippen LogP contribution in [0, 0.1) is 0 Å². The Balaban J connectivity index is 1.47. The van der Waals surface area contributed by atoms with Gasteiger partial charge in [0.1, 0.15) is 10.0 Å². The highest BCUT2D eigenvalue weighted by Gasteiger charge is 2.30. The number of benzene rings is 1. The summed E-state index contributed by atoms with van der Waals surface area (Å²) in [5.41, 5.74) is 5.52. The molecule has 0 radical (unpaired) electrons. The second-order valence-electron chi connectivity index (χ2n) is 9.29. The third-order valence-corrected chi connectivity index (χ3v) is 8.76. The standard InChI is InChI=1S/C26H32N6O2S2/c1-15-11-19-23(25-30-20-12-17(5-6-21(20)35-25)18-13-28-32(3)14-18)26(36-24(19)16(2)29-15)31-22(33)7-8-27-9-10-34-4/h5-6,12-16,27,29H,7-11H2,1-4H3,(H,31,33)/t15-,16+/m1/s1. The van der Waals surface area contributed by atoms with Crippen LogP contribution < -0.4 is 16.0 Å². The van der Waals surface area contributed by atoms with Gasteiger partial charge in [-0.05, 0) is 43.5 Å². The fourth-order valence-corrected chi connectivity index (χ4v) is 7.04. The molecule has 0 spiro atoms. The van der Waals surface area contributed by atoms with Crippen molar-refractivity contribution in [3.05, 3.63) is 41.0 Å². The van der Waals surface area contributed by atoms with Gasteiger partial charge in [0, 0.05) is 68.0 Å². The largest absolute Gasteiger partial charge is 0.383 e. The van der Waals surface area contributed by atoms with E-state index in [1.165, 1.54) is 10.4 Å². The number of thiazole rings is 1. The van der Waals surface area contributed by atoms with Crippen LogP contribution in [0.15, 0.2) is 30.6 Å². The van der Waals surface area contributed by atoms with E-state index in [4.69, 9.17) is 9.72 Å². The zero-order valence-corrected chi connectivity index (χ0v) is 22.7. The van der Waals surface area contributed by atoms with E-state index >= 15 is 0 Å². The summed E-state index contributed by atoms with van der Waals surface area (Å²) in [4.78, 5) is 19.2. The molecule has 3 N–H and O–H groups in total. The Labute approximate surface area is 219 Å². The number of thiophene rings is 1. The number of anilines is 1. The van der Waals surface area contributed by atoms with E-state index in [1.54, 1.807) is 29.8 Å². The molecule has 10 heteroatoms. The summed E-state index contributed by atoms with van der Waals surface area (Å²) in [5.74, 6) is 0.00778. The molecule has 0 saturated heterocycles. The maximum atomic E-state index is 12.8. The molecule has 0 fully saturated rings. The van der Waals surface area contributed by atoms with Crippen molar-refractivity contribution in [2.75, 3.05) is 32.1 Å². The Morgan fingerprint density at radius 1 is 1.25 bits per heavy atom. The van der Waals surface area contributed by atoms with Gasteiger partial charge in [0.15, 0.2) is 0 Å². The third-order valence-electron chi connectivity index (χ3n) is 6.38. The quantitative estimate of drug-likeness (QED) is 0.278.